The number of benzene rings is 3. The molecule has 0 aliphatic carbocycles. The first-order valence-corrected chi connectivity index (χ1v) is 10.2. The van der Waals surface area contributed by atoms with Crippen molar-refractivity contribution in [2.75, 3.05) is 6.61 Å². The zero-order valence-corrected chi connectivity index (χ0v) is 16.8. The molecule has 4 aromatic rings. The molecule has 1 heterocycles. The van der Waals surface area contributed by atoms with Gasteiger partial charge in [0, 0.05) is 5.56 Å². The highest BCUT2D eigenvalue weighted by Gasteiger charge is 2.16. The predicted molar refractivity (Wildman–Crippen MR) is 118 cm³/mol. The summed E-state index contributed by atoms with van der Waals surface area (Å²) in [6.45, 7) is 2.57. The molecule has 0 aliphatic rings. The van der Waals surface area contributed by atoms with Crippen LogP contribution in [0.3, 0.4) is 0 Å². The Morgan fingerprint density at radius 1 is 1.00 bits per heavy atom. The Hall–Kier alpha value is -3.31. The third kappa shape index (κ3) is 4.58. The molecule has 0 fully saturated rings. The lowest BCUT2D eigenvalue weighted by molar-refractivity contribution is 0.104. The Balaban J connectivity index is 1.69. The number of hydrogen-bond acceptors (Lipinski definition) is 4. The third-order valence-corrected chi connectivity index (χ3v) is 5.23. The van der Waals surface area contributed by atoms with E-state index in [1.54, 1.807) is 0 Å². The van der Waals surface area contributed by atoms with E-state index >= 15 is 0 Å². The smallest absolute Gasteiger partial charge is 0.199 e. The van der Waals surface area contributed by atoms with Crippen LogP contribution < -0.4 is 4.74 Å². The van der Waals surface area contributed by atoms with Crippen molar-refractivity contribution < 1.29 is 9.53 Å². The minimum Gasteiger partial charge on any atom is -0.494 e. The number of rotatable bonds is 7. The van der Waals surface area contributed by atoms with E-state index in [9.17, 15) is 4.79 Å². The number of ether oxygens (including phenoxy) is 1. The molecule has 29 heavy (non-hydrogen) atoms. The van der Waals surface area contributed by atoms with Crippen LogP contribution in [0.25, 0.3) is 17.1 Å². The molecule has 0 saturated carbocycles. The van der Waals surface area contributed by atoms with Crippen molar-refractivity contribution in [1.82, 2.24) is 9.97 Å². The molecule has 5 heteroatoms. The standard InChI is InChI=1S/C24H20N2O2S/c1-2-28-19-14-12-17(13-15-19)16-22(23(27)18-8-4-3-5-9-18)29-24-25-20-10-6-7-11-21(20)26-24/h3-16H,2H2,1H3,(H,25,26)/b22-16-. The van der Waals surface area contributed by atoms with Gasteiger partial charge in [0.05, 0.1) is 22.5 Å². The molecule has 0 spiro atoms. The van der Waals surface area contributed by atoms with Crippen LogP contribution in [0, 0.1) is 0 Å². The molecule has 144 valence electrons. The number of thioether (sulfide) groups is 1. The van der Waals surface area contributed by atoms with Gasteiger partial charge in [-0.2, -0.15) is 0 Å². The van der Waals surface area contributed by atoms with E-state index in [2.05, 4.69) is 9.97 Å². The number of fused-ring (bicyclic) bond motifs is 1. The van der Waals surface area contributed by atoms with Crippen LogP contribution in [0.2, 0.25) is 0 Å². The molecule has 1 aromatic heterocycles. The highest BCUT2D eigenvalue weighted by molar-refractivity contribution is 8.04. The van der Waals surface area contributed by atoms with Crippen LogP contribution in [0.5, 0.6) is 5.75 Å². The van der Waals surface area contributed by atoms with E-state index in [1.165, 1.54) is 11.8 Å². The van der Waals surface area contributed by atoms with Crippen LogP contribution >= 0.6 is 11.8 Å². The Bertz CT molecular complexity index is 1120. The Kier molecular flexibility index (Phi) is 5.77. The van der Waals surface area contributed by atoms with Crippen molar-refractivity contribution in [3.63, 3.8) is 0 Å². The average Bonchev–Trinajstić information content (AvgIpc) is 3.17. The molecule has 0 bridgehead atoms. The zero-order valence-electron chi connectivity index (χ0n) is 16.0. The fraction of sp³-hybridized carbons (Fsp3) is 0.0833. The predicted octanol–water partition coefficient (Wildman–Crippen LogP) is 5.98. The van der Waals surface area contributed by atoms with Crippen molar-refractivity contribution in [2.24, 2.45) is 0 Å². The molecule has 3 aromatic carbocycles. The van der Waals surface area contributed by atoms with Crippen LogP contribution in [-0.4, -0.2) is 22.4 Å². The van der Waals surface area contributed by atoms with Gasteiger partial charge in [-0.05, 0) is 54.6 Å². The van der Waals surface area contributed by atoms with Gasteiger partial charge in [-0.3, -0.25) is 4.79 Å². The van der Waals surface area contributed by atoms with Gasteiger partial charge in [-0.1, -0.05) is 54.6 Å². The first-order valence-electron chi connectivity index (χ1n) is 9.40. The molecule has 4 rings (SSSR count). The summed E-state index contributed by atoms with van der Waals surface area (Å²) in [7, 11) is 0. The Morgan fingerprint density at radius 3 is 2.45 bits per heavy atom. The number of imidazole rings is 1. The van der Waals surface area contributed by atoms with Gasteiger partial charge in [0.1, 0.15) is 5.75 Å². The highest BCUT2D eigenvalue weighted by Crippen LogP contribution is 2.31. The number of nitrogens with zero attached hydrogens (tertiary/aromatic N) is 1. The molecular weight excluding hydrogens is 380 g/mol. The van der Waals surface area contributed by atoms with Crippen LogP contribution in [0.1, 0.15) is 22.8 Å². The second kappa shape index (κ2) is 8.80. The number of ketones is 1. The van der Waals surface area contributed by atoms with Crippen LogP contribution in [0.4, 0.5) is 0 Å². The minimum absolute atomic E-state index is 0.0371. The van der Waals surface area contributed by atoms with Crippen molar-refractivity contribution in [2.45, 2.75) is 12.1 Å². The molecule has 0 unspecified atom stereocenters. The number of carbonyl (C=O) groups is 1. The summed E-state index contributed by atoms with van der Waals surface area (Å²) < 4.78 is 5.50. The van der Waals surface area contributed by atoms with E-state index in [0.29, 0.717) is 22.2 Å². The third-order valence-electron chi connectivity index (χ3n) is 4.32. The number of para-hydroxylation sites is 2. The molecule has 0 aliphatic heterocycles. The number of allylic oxidation sites excluding steroid dienone is 1. The van der Waals surface area contributed by atoms with Crippen molar-refractivity contribution in [1.29, 1.82) is 0 Å². The molecule has 4 nitrogen and oxygen atoms in total. The lowest BCUT2D eigenvalue weighted by Gasteiger charge is -2.07. The summed E-state index contributed by atoms with van der Waals surface area (Å²) in [6, 6.07) is 24.8. The molecule has 0 saturated heterocycles. The van der Waals surface area contributed by atoms with E-state index < -0.39 is 0 Å². The first kappa shape index (κ1) is 19.0. The zero-order chi connectivity index (χ0) is 20.1. The van der Waals surface area contributed by atoms with E-state index in [0.717, 1.165) is 22.3 Å². The van der Waals surface area contributed by atoms with Gasteiger partial charge in [-0.25, -0.2) is 4.98 Å². The number of aromatic nitrogens is 2. The maximum Gasteiger partial charge on any atom is 0.199 e. The molecular formula is C24H20N2O2S. The second-order valence-electron chi connectivity index (χ2n) is 6.37. The van der Waals surface area contributed by atoms with Gasteiger partial charge >= 0.3 is 0 Å². The minimum atomic E-state index is -0.0371. The van der Waals surface area contributed by atoms with Crippen molar-refractivity contribution in [3.05, 3.63) is 94.9 Å². The first-order chi connectivity index (χ1) is 14.2. The quantitative estimate of drug-likeness (QED) is 0.236. The number of carbonyl (C=O) groups excluding carboxylic acids is 1. The monoisotopic (exact) mass is 400 g/mol. The van der Waals surface area contributed by atoms with Gasteiger partial charge in [0.25, 0.3) is 0 Å². The number of H-pyrrole nitrogens is 1. The second-order valence-corrected chi connectivity index (χ2v) is 7.40. The van der Waals surface area contributed by atoms with Gasteiger partial charge in [0.2, 0.25) is 0 Å². The van der Waals surface area contributed by atoms with Crippen molar-refractivity contribution in [3.8, 4) is 5.75 Å². The summed E-state index contributed by atoms with van der Waals surface area (Å²) in [6.07, 6.45) is 1.89. The fourth-order valence-electron chi connectivity index (χ4n) is 2.93. The summed E-state index contributed by atoms with van der Waals surface area (Å²) in [4.78, 5) is 21.7. The normalized spacial score (nSPS) is 11.6. The van der Waals surface area contributed by atoms with Crippen LogP contribution in [-0.2, 0) is 0 Å². The Labute approximate surface area is 173 Å². The lowest BCUT2D eigenvalue weighted by atomic mass is 10.1. The van der Waals surface area contributed by atoms with Crippen LogP contribution in [0.15, 0.2) is 88.9 Å². The van der Waals surface area contributed by atoms with E-state index in [1.807, 2.05) is 91.9 Å². The highest BCUT2D eigenvalue weighted by atomic mass is 32.2. The number of aromatic amines is 1. The fourth-order valence-corrected chi connectivity index (χ4v) is 3.85. The summed E-state index contributed by atoms with van der Waals surface area (Å²) in [5, 5.41) is 0.688. The topological polar surface area (TPSA) is 55.0 Å². The Morgan fingerprint density at radius 2 is 1.72 bits per heavy atom. The number of nitrogens with one attached hydrogen (secondary N) is 1. The maximum atomic E-state index is 13.2. The molecule has 0 atom stereocenters. The van der Waals surface area contributed by atoms with E-state index in [4.69, 9.17) is 4.74 Å². The van der Waals surface area contributed by atoms with Gasteiger partial charge < -0.3 is 9.72 Å². The SMILES string of the molecule is CCOc1ccc(/C=C(\Sc2nc3ccccc3[nH]2)C(=O)c2ccccc2)cc1. The maximum absolute atomic E-state index is 13.2. The molecule has 0 radical (unpaired) electrons. The summed E-state index contributed by atoms with van der Waals surface area (Å²) in [5.74, 6) is 0.774. The van der Waals surface area contributed by atoms with Gasteiger partial charge in [0.15, 0.2) is 10.9 Å². The summed E-state index contributed by atoms with van der Waals surface area (Å²) in [5.41, 5.74) is 3.40. The molecule has 0 amide bonds. The van der Waals surface area contributed by atoms with Gasteiger partial charge in [-0.15, -0.1) is 0 Å². The van der Waals surface area contributed by atoms with Crippen molar-refractivity contribution >= 4 is 34.7 Å². The summed E-state index contributed by atoms with van der Waals surface area (Å²) >= 11 is 1.34. The average molecular weight is 401 g/mol. The number of hydrogen-bond donors (Lipinski definition) is 1. The lowest BCUT2D eigenvalue weighted by Crippen LogP contribution is -2.01. The molecule has 1 N–H and O–H groups in total. The largest absolute Gasteiger partial charge is 0.494 e. The van der Waals surface area contributed by atoms with E-state index in [-0.39, 0.29) is 5.78 Å². The number of Topliss-reactive ketones (excluding diaryl/α,β-unsaturated/α-hetero) is 1.